The van der Waals surface area contributed by atoms with Crippen LogP contribution in [0.1, 0.15) is 25.0 Å². The Morgan fingerprint density at radius 3 is 2.47 bits per heavy atom. The molecule has 0 radical (unpaired) electrons. The summed E-state index contributed by atoms with van der Waals surface area (Å²) in [5.74, 6) is -0.812. The third-order valence-electron chi connectivity index (χ3n) is 4.08. The first kappa shape index (κ1) is 12.4. The summed E-state index contributed by atoms with van der Waals surface area (Å²) in [6, 6.07) is 7.86. The Balaban J connectivity index is 2.18. The summed E-state index contributed by atoms with van der Waals surface area (Å²) in [7, 11) is 1.38. The summed E-state index contributed by atoms with van der Waals surface area (Å²) in [6.07, 6.45) is 3.85. The Hall–Kier alpha value is -1.65. The number of fused-ring (bicyclic) bond motifs is 1. The minimum Gasteiger partial charge on any atom is -0.469 e. The maximum absolute atomic E-state index is 11.9. The minimum absolute atomic E-state index is 0.325. The van der Waals surface area contributed by atoms with Crippen molar-refractivity contribution in [1.82, 2.24) is 0 Å². The fourth-order valence-corrected chi connectivity index (χ4v) is 2.82. The molecule has 0 amide bonds. The van der Waals surface area contributed by atoms with Gasteiger partial charge in [0.15, 0.2) is 5.60 Å². The highest BCUT2D eigenvalue weighted by Gasteiger charge is 2.54. The van der Waals surface area contributed by atoms with E-state index in [1.807, 2.05) is 43.3 Å². The quantitative estimate of drug-likeness (QED) is 0.465. The van der Waals surface area contributed by atoms with Crippen molar-refractivity contribution >= 4 is 5.97 Å². The molecule has 3 atom stereocenters. The van der Waals surface area contributed by atoms with Gasteiger partial charge in [0, 0.05) is 0 Å². The van der Waals surface area contributed by atoms with E-state index >= 15 is 0 Å². The van der Waals surface area contributed by atoms with Gasteiger partial charge in [0.1, 0.15) is 5.60 Å². The smallest absolute Gasteiger partial charge is 0.312 e. The van der Waals surface area contributed by atoms with Gasteiger partial charge in [0.05, 0.1) is 13.0 Å². The summed E-state index contributed by atoms with van der Waals surface area (Å²) < 4.78 is 4.84. The summed E-state index contributed by atoms with van der Waals surface area (Å²) >= 11 is 0. The van der Waals surface area contributed by atoms with Crippen molar-refractivity contribution in [3.63, 3.8) is 0 Å². The maximum atomic E-state index is 11.9. The molecule has 2 aliphatic heterocycles. The van der Waals surface area contributed by atoms with Gasteiger partial charge in [0.2, 0.25) is 0 Å². The summed E-state index contributed by atoms with van der Waals surface area (Å²) in [4.78, 5) is 23.0. The van der Waals surface area contributed by atoms with Gasteiger partial charge >= 0.3 is 5.97 Å². The molecule has 0 saturated heterocycles. The van der Waals surface area contributed by atoms with Crippen LogP contribution in [-0.2, 0) is 30.5 Å². The highest BCUT2D eigenvalue weighted by Crippen LogP contribution is 2.52. The van der Waals surface area contributed by atoms with E-state index in [0.717, 1.165) is 11.1 Å². The number of benzene rings is 1. The third-order valence-corrected chi connectivity index (χ3v) is 4.08. The second-order valence-corrected chi connectivity index (χ2v) is 5.19. The Bertz CT molecular complexity index is 565. The molecule has 0 saturated carbocycles. The van der Waals surface area contributed by atoms with Crippen LogP contribution in [0, 0.1) is 5.92 Å². The molecule has 100 valence electrons. The molecular formula is C15H16O4. The van der Waals surface area contributed by atoms with Crippen molar-refractivity contribution in [2.75, 3.05) is 7.11 Å². The van der Waals surface area contributed by atoms with E-state index in [4.69, 9.17) is 14.5 Å². The predicted molar refractivity (Wildman–Crippen MR) is 68.0 cm³/mol. The molecule has 2 heterocycles. The lowest BCUT2D eigenvalue weighted by Gasteiger charge is -2.48. The Labute approximate surface area is 111 Å². The second-order valence-electron chi connectivity index (χ2n) is 5.19. The van der Waals surface area contributed by atoms with Crippen molar-refractivity contribution in [2.45, 2.75) is 25.0 Å². The molecule has 1 aliphatic carbocycles. The molecule has 0 N–H and O–H groups in total. The third kappa shape index (κ3) is 1.50. The second kappa shape index (κ2) is 3.92. The number of methoxy groups -OCH3 is 1. The molecule has 4 nitrogen and oxygen atoms in total. The van der Waals surface area contributed by atoms with E-state index in [1.165, 1.54) is 7.11 Å². The van der Waals surface area contributed by atoms with Gasteiger partial charge in [-0.2, -0.15) is 0 Å². The standard InChI is InChI=1S/C15H16O4/c1-10(13(16)17-3)15-9-8-14(2,18-19-15)11-6-4-5-7-12(11)15/h4-10H,1-3H3/t10-,14+,15+/m0/s1. The molecule has 0 fully saturated rings. The van der Waals surface area contributed by atoms with Crippen LogP contribution in [0.25, 0.3) is 0 Å². The van der Waals surface area contributed by atoms with Crippen LogP contribution < -0.4 is 0 Å². The topological polar surface area (TPSA) is 44.8 Å². The SMILES string of the molecule is COC(=O)[C@H](C)[C@@]12C=C[C@@](C)(OO1)c1ccccc12. The van der Waals surface area contributed by atoms with Crippen LogP contribution in [0.2, 0.25) is 0 Å². The number of hydrogen-bond acceptors (Lipinski definition) is 4. The number of carbonyl (C=O) groups is 1. The van der Waals surface area contributed by atoms with Crippen LogP contribution in [0.5, 0.6) is 0 Å². The summed E-state index contributed by atoms with van der Waals surface area (Å²) in [5.41, 5.74) is 0.499. The van der Waals surface area contributed by atoms with E-state index < -0.39 is 17.1 Å². The first-order valence-electron chi connectivity index (χ1n) is 6.28. The number of esters is 1. The Morgan fingerprint density at radius 2 is 1.89 bits per heavy atom. The van der Waals surface area contributed by atoms with Gasteiger partial charge in [-0.15, -0.1) is 0 Å². The Morgan fingerprint density at radius 1 is 1.21 bits per heavy atom. The van der Waals surface area contributed by atoms with Crippen LogP contribution in [0.4, 0.5) is 0 Å². The zero-order valence-electron chi connectivity index (χ0n) is 11.2. The van der Waals surface area contributed by atoms with E-state index in [0.29, 0.717) is 0 Å². The first-order valence-corrected chi connectivity index (χ1v) is 6.28. The average molecular weight is 260 g/mol. The zero-order chi connectivity index (χ0) is 13.7. The fourth-order valence-electron chi connectivity index (χ4n) is 2.82. The van der Waals surface area contributed by atoms with E-state index in [2.05, 4.69) is 0 Å². The highest BCUT2D eigenvalue weighted by molar-refractivity contribution is 5.75. The number of ether oxygens (including phenoxy) is 1. The molecule has 4 heteroatoms. The first-order chi connectivity index (χ1) is 9.03. The van der Waals surface area contributed by atoms with E-state index in [-0.39, 0.29) is 5.97 Å². The van der Waals surface area contributed by atoms with Crippen molar-refractivity contribution < 1.29 is 19.3 Å². The van der Waals surface area contributed by atoms with Gasteiger partial charge in [-0.3, -0.25) is 4.79 Å². The zero-order valence-corrected chi connectivity index (χ0v) is 11.2. The minimum atomic E-state index is -0.901. The van der Waals surface area contributed by atoms with Gasteiger partial charge in [0.25, 0.3) is 0 Å². The monoisotopic (exact) mass is 260 g/mol. The maximum Gasteiger partial charge on any atom is 0.312 e. The lowest BCUT2D eigenvalue weighted by atomic mass is 9.71. The molecule has 1 aromatic rings. The molecule has 1 aromatic carbocycles. The van der Waals surface area contributed by atoms with Crippen LogP contribution in [-0.4, -0.2) is 13.1 Å². The van der Waals surface area contributed by atoms with Crippen LogP contribution in [0.15, 0.2) is 36.4 Å². The molecule has 4 rings (SSSR count). The highest BCUT2D eigenvalue weighted by atomic mass is 17.2. The van der Waals surface area contributed by atoms with Crippen LogP contribution in [0.3, 0.4) is 0 Å². The van der Waals surface area contributed by atoms with E-state index in [9.17, 15) is 4.79 Å². The number of hydrogen-bond donors (Lipinski definition) is 0. The number of carbonyl (C=O) groups excluding carboxylic acids is 1. The van der Waals surface area contributed by atoms with Crippen molar-refractivity contribution in [3.8, 4) is 0 Å². The number of rotatable bonds is 2. The average Bonchev–Trinajstić information content (AvgIpc) is 2.47. The van der Waals surface area contributed by atoms with Crippen molar-refractivity contribution in [1.29, 1.82) is 0 Å². The predicted octanol–water partition coefficient (Wildman–Crippen LogP) is 2.44. The molecule has 0 unspecified atom stereocenters. The van der Waals surface area contributed by atoms with Gasteiger partial charge in [-0.1, -0.05) is 24.3 Å². The molecule has 0 aromatic heterocycles. The van der Waals surface area contributed by atoms with Gasteiger partial charge in [-0.05, 0) is 37.1 Å². The van der Waals surface area contributed by atoms with E-state index in [1.54, 1.807) is 6.92 Å². The molecule has 2 bridgehead atoms. The van der Waals surface area contributed by atoms with Crippen molar-refractivity contribution in [2.24, 2.45) is 5.92 Å². The van der Waals surface area contributed by atoms with Crippen molar-refractivity contribution in [3.05, 3.63) is 47.5 Å². The molecule has 3 aliphatic rings. The molecular weight excluding hydrogens is 244 g/mol. The van der Waals surface area contributed by atoms with Gasteiger partial charge < -0.3 is 4.74 Å². The molecule has 0 spiro atoms. The molecule has 19 heavy (non-hydrogen) atoms. The summed E-state index contributed by atoms with van der Waals surface area (Å²) in [5, 5.41) is 0. The summed E-state index contributed by atoms with van der Waals surface area (Å²) in [6.45, 7) is 3.72. The van der Waals surface area contributed by atoms with Gasteiger partial charge in [-0.25, -0.2) is 9.78 Å². The van der Waals surface area contributed by atoms with Crippen LogP contribution >= 0.6 is 0 Å². The Kier molecular flexibility index (Phi) is 2.56. The lowest BCUT2D eigenvalue weighted by molar-refractivity contribution is -0.426. The normalized spacial score (nSPS) is 32.8. The largest absolute Gasteiger partial charge is 0.469 e. The lowest BCUT2D eigenvalue weighted by Crippen LogP contribution is -2.50. The fraction of sp³-hybridized carbons (Fsp3) is 0.400.